The second-order valence-electron chi connectivity index (χ2n) is 7.53. The van der Waals surface area contributed by atoms with Gasteiger partial charge in [0.1, 0.15) is 13.2 Å². The van der Waals surface area contributed by atoms with Gasteiger partial charge in [-0.3, -0.25) is 15.0 Å². The lowest BCUT2D eigenvalue weighted by Gasteiger charge is -2.26. The summed E-state index contributed by atoms with van der Waals surface area (Å²) in [6.07, 6.45) is 6.30. The number of urea groups is 1. The standard InChI is InChI=1S/C20H27N3O4/c24-19(22-20(25)21-15-4-1-2-5-15)13-23-9-3-6-16(23)14-7-8-17-18(12-14)27-11-10-26-17/h7-8,12,15-16H,1-6,9-11,13H2,(H2,21,22,24,25)/t16-/m0/s1. The van der Waals surface area contributed by atoms with E-state index < -0.39 is 0 Å². The number of carbonyl (C=O) groups is 2. The van der Waals surface area contributed by atoms with E-state index in [2.05, 4.69) is 15.5 Å². The molecule has 0 unspecified atom stereocenters. The first-order chi connectivity index (χ1) is 13.2. The van der Waals surface area contributed by atoms with Gasteiger partial charge in [-0.15, -0.1) is 0 Å². The number of amides is 3. The molecule has 0 bridgehead atoms. The van der Waals surface area contributed by atoms with E-state index in [1.807, 2.05) is 18.2 Å². The Morgan fingerprint density at radius 2 is 1.81 bits per heavy atom. The van der Waals surface area contributed by atoms with Crippen molar-refractivity contribution in [2.45, 2.75) is 50.6 Å². The van der Waals surface area contributed by atoms with Gasteiger partial charge in [0.05, 0.1) is 6.54 Å². The second-order valence-corrected chi connectivity index (χ2v) is 7.53. The average molecular weight is 373 g/mol. The maximum atomic E-state index is 12.3. The number of nitrogens with zero attached hydrogens (tertiary/aromatic N) is 1. The molecule has 1 saturated heterocycles. The molecule has 0 radical (unpaired) electrons. The summed E-state index contributed by atoms with van der Waals surface area (Å²) in [6, 6.07) is 5.99. The van der Waals surface area contributed by atoms with Crippen molar-refractivity contribution in [1.29, 1.82) is 0 Å². The number of hydrogen-bond acceptors (Lipinski definition) is 5. The lowest BCUT2D eigenvalue weighted by Crippen LogP contribution is -2.46. The van der Waals surface area contributed by atoms with Crippen molar-refractivity contribution in [2.24, 2.45) is 0 Å². The van der Waals surface area contributed by atoms with Crippen LogP contribution < -0.4 is 20.1 Å². The molecular weight excluding hydrogens is 346 g/mol. The van der Waals surface area contributed by atoms with E-state index in [1.54, 1.807) is 0 Å². The molecule has 0 aromatic heterocycles. The summed E-state index contributed by atoms with van der Waals surface area (Å²) in [5, 5.41) is 5.37. The van der Waals surface area contributed by atoms with Gasteiger partial charge in [-0.1, -0.05) is 18.9 Å². The van der Waals surface area contributed by atoms with Gasteiger partial charge in [-0.05, 0) is 49.9 Å². The Bertz CT molecular complexity index is 702. The van der Waals surface area contributed by atoms with Crippen LogP contribution in [0.3, 0.4) is 0 Å². The first kappa shape index (κ1) is 18.1. The summed E-state index contributed by atoms with van der Waals surface area (Å²) in [7, 11) is 0. The van der Waals surface area contributed by atoms with E-state index in [1.165, 1.54) is 0 Å². The highest BCUT2D eigenvalue weighted by Crippen LogP contribution is 2.37. The zero-order valence-electron chi connectivity index (χ0n) is 15.5. The van der Waals surface area contributed by atoms with E-state index >= 15 is 0 Å². The van der Waals surface area contributed by atoms with Crippen molar-refractivity contribution in [3.8, 4) is 11.5 Å². The number of carbonyl (C=O) groups excluding carboxylic acids is 2. The molecule has 1 atom stereocenters. The van der Waals surface area contributed by atoms with Crippen LogP contribution in [0.15, 0.2) is 18.2 Å². The molecule has 3 amide bonds. The SMILES string of the molecule is O=C(CN1CCC[C@H]1c1ccc2c(c1)OCCO2)NC(=O)NC1CCCC1. The maximum Gasteiger partial charge on any atom is 0.321 e. The highest BCUT2D eigenvalue weighted by atomic mass is 16.6. The minimum atomic E-state index is -0.373. The normalized spacial score (nSPS) is 22.6. The van der Waals surface area contributed by atoms with Gasteiger partial charge in [0.25, 0.3) is 0 Å². The minimum absolute atomic E-state index is 0.157. The molecule has 2 N–H and O–H groups in total. The van der Waals surface area contributed by atoms with Gasteiger partial charge in [-0.25, -0.2) is 4.79 Å². The summed E-state index contributed by atoms with van der Waals surface area (Å²) in [6.45, 7) is 2.20. The largest absolute Gasteiger partial charge is 0.486 e. The molecule has 1 aromatic carbocycles. The fourth-order valence-corrected chi connectivity index (χ4v) is 4.30. The van der Waals surface area contributed by atoms with E-state index in [4.69, 9.17) is 9.47 Å². The molecule has 146 valence electrons. The van der Waals surface area contributed by atoms with Crippen LogP contribution in [0.25, 0.3) is 0 Å². The molecule has 1 aromatic rings. The molecule has 7 heteroatoms. The maximum absolute atomic E-state index is 12.3. The van der Waals surface area contributed by atoms with Crippen molar-refractivity contribution < 1.29 is 19.1 Å². The van der Waals surface area contributed by atoms with Crippen molar-refractivity contribution in [2.75, 3.05) is 26.3 Å². The van der Waals surface area contributed by atoms with Crippen LogP contribution in [0, 0.1) is 0 Å². The average Bonchev–Trinajstić information content (AvgIpc) is 3.33. The monoisotopic (exact) mass is 373 g/mol. The van der Waals surface area contributed by atoms with Gasteiger partial charge < -0.3 is 14.8 Å². The fourth-order valence-electron chi connectivity index (χ4n) is 4.30. The van der Waals surface area contributed by atoms with Gasteiger partial charge in [-0.2, -0.15) is 0 Å². The van der Waals surface area contributed by atoms with Gasteiger partial charge >= 0.3 is 6.03 Å². The van der Waals surface area contributed by atoms with Crippen LogP contribution >= 0.6 is 0 Å². The predicted molar refractivity (Wildman–Crippen MR) is 99.9 cm³/mol. The molecule has 2 heterocycles. The third kappa shape index (κ3) is 4.35. The molecule has 27 heavy (non-hydrogen) atoms. The quantitative estimate of drug-likeness (QED) is 0.847. The number of likely N-dealkylation sites (tertiary alicyclic amines) is 1. The first-order valence-corrected chi connectivity index (χ1v) is 9.93. The number of fused-ring (bicyclic) bond motifs is 1. The van der Waals surface area contributed by atoms with Crippen LogP contribution in [-0.4, -0.2) is 49.2 Å². The Balaban J connectivity index is 1.34. The second kappa shape index (κ2) is 8.17. The first-order valence-electron chi connectivity index (χ1n) is 9.93. The number of imide groups is 1. The molecule has 3 aliphatic rings. The summed E-state index contributed by atoms with van der Waals surface area (Å²) in [4.78, 5) is 26.5. The van der Waals surface area contributed by atoms with Crippen LogP contribution in [-0.2, 0) is 4.79 Å². The smallest absolute Gasteiger partial charge is 0.321 e. The molecule has 1 aliphatic carbocycles. The van der Waals surface area contributed by atoms with E-state index in [0.717, 1.165) is 62.1 Å². The summed E-state index contributed by atoms with van der Waals surface area (Å²) < 4.78 is 11.3. The number of hydrogen-bond donors (Lipinski definition) is 2. The molecule has 0 spiro atoms. The van der Waals surface area contributed by atoms with E-state index in [-0.39, 0.29) is 30.6 Å². The molecule has 4 rings (SSSR count). The highest BCUT2D eigenvalue weighted by Gasteiger charge is 2.29. The molecule has 2 fully saturated rings. The Morgan fingerprint density at radius 3 is 2.63 bits per heavy atom. The third-order valence-electron chi connectivity index (χ3n) is 5.60. The zero-order chi connectivity index (χ0) is 18.6. The number of benzene rings is 1. The predicted octanol–water partition coefficient (Wildman–Crippen LogP) is 2.36. The van der Waals surface area contributed by atoms with Crippen molar-refractivity contribution in [3.05, 3.63) is 23.8 Å². The minimum Gasteiger partial charge on any atom is -0.486 e. The van der Waals surface area contributed by atoms with Crippen molar-refractivity contribution >= 4 is 11.9 Å². The molecule has 2 aliphatic heterocycles. The third-order valence-corrected chi connectivity index (χ3v) is 5.60. The van der Waals surface area contributed by atoms with Crippen LogP contribution in [0.4, 0.5) is 4.79 Å². The zero-order valence-corrected chi connectivity index (χ0v) is 15.5. The highest BCUT2D eigenvalue weighted by molar-refractivity contribution is 5.95. The molecule has 7 nitrogen and oxygen atoms in total. The Morgan fingerprint density at radius 1 is 1.04 bits per heavy atom. The van der Waals surface area contributed by atoms with Gasteiger partial charge in [0.15, 0.2) is 11.5 Å². The van der Waals surface area contributed by atoms with Crippen molar-refractivity contribution in [3.63, 3.8) is 0 Å². The number of ether oxygens (including phenoxy) is 2. The topological polar surface area (TPSA) is 79.9 Å². The van der Waals surface area contributed by atoms with Gasteiger partial charge in [0, 0.05) is 12.1 Å². The lowest BCUT2D eigenvalue weighted by atomic mass is 10.0. The summed E-state index contributed by atoms with van der Waals surface area (Å²) >= 11 is 0. The van der Waals surface area contributed by atoms with Crippen molar-refractivity contribution in [1.82, 2.24) is 15.5 Å². The number of rotatable bonds is 4. The Hall–Kier alpha value is -2.28. The Kier molecular flexibility index (Phi) is 5.48. The van der Waals surface area contributed by atoms with Crippen LogP contribution in [0.2, 0.25) is 0 Å². The summed E-state index contributed by atoms with van der Waals surface area (Å²) in [5.74, 6) is 1.29. The number of nitrogens with one attached hydrogen (secondary N) is 2. The molecule has 1 saturated carbocycles. The van der Waals surface area contributed by atoms with Crippen LogP contribution in [0.1, 0.15) is 50.1 Å². The lowest BCUT2D eigenvalue weighted by molar-refractivity contribution is -0.121. The van der Waals surface area contributed by atoms with Gasteiger partial charge in [0.2, 0.25) is 5.91 Å². The Labute approximate surface area is 159 Å². The van der Waals surface area contributed by atoms with Crippen LogP contribution in [0.5, 0.6) is 11.5 Å². The fraction of sp³-hybridized carbons (Fsp3) is 0.600. The summed E-state index contributed by atoms with van der Waals surface area (Å²) in [5.41, 5.74) is 1.12. The van der Waals surface area contributed by atoms with E-state index in [0.29, 0.717) is 13.2 Å². The molecular formula is C20H27N3O4. The van der Waals surface area contributed by atoms with E-state index in [9.17, 15) is 9.59 Å².